The average Bonchev–Trinajstić information content (AvgIpc) is 3.37. The van der Waals surface area contributed by atoms with Crippen LogP contribution in [-0.4, -0.2) is 40.2 Å². The van der Waals surface area contributed by atoms with Crippen LogP contribution in [0.5, 0.6) is 0 Å². The number of hydrogen-bond donors (Lipinski definition) is 1. The zero-order valence-corrected chi connectivity index (χ0v) is 17.9. The predicted molar refractivity (Wildman–Crippen MR) is 118 cm³/mol. The molecule has 0 atom stereocenters. The van der Waals surface area contributed by atoms with Crippen LogP contribution < -0.4 is 5.32 Å². The van der Waals surface area contributed by atoms with Crippen LogP contribution in [0.1, 0.15) is 39.3 Å². The molecule has 1 aromatic carbocycles. The number of aromatic nitrogens is 2. The van der Waals surface area contributed by atoms with Crippen molar-refractivity contribution in [1.29, 1.82) is 0 Å². The highest BCUT2D eigenvalue weighted by Crippen LogP contribution is 2.21. The van der Waals surface area contributed by atoms with Gasteiger partial charge in [-0.25, -0.2) is 4.68 Å². The number of amides is 1. The number of carbonyl (C=O) groups is 1. The number of nitrogens with zero attached hydrogens (tertiary/aromatic N) is 3. The fraction of sp³-hybridized carbons (Fsp3) is 0.391. The molecule has 1 aliphatic rings. The van der Waals surface area contributed by atoms with Crippen LogP contribution in [0.25, 0.3) is 5.69 Å². The normalized spacial score (nSPS) is 15.5. The van der Waals surface area contributed by atoms with E-state index in [0.29, 0.717) is 11.5 Å². The van der Waals surface area contributed by atoms with E-state index in [2.05, 4.69) is 45.8 Å². The van der Waals surface area contributed by atoms with E-state index in [4.69, 9.17) is 0 Å². The Morgan fingerprint density at radius 3 is 2.69 bits per heavy atom. The summed E-state index contributed by atoms with van der Waals surface area (Å²) in [4.78, 5) is 16.7. The number of aryl methyl sites for hydroxylation is 1. The third kappa shape index (κ3) is 4.60. The van der Waals surface area contributed by atoms with Crippen molar-refractivity contribution in [3.8, 4) is 5.69 Å². The highest BCUT2D eigenvalue weighted by Gasteiger charge is 2.21. The van der Waals surface area contributed by atoms with Crippen molar-refractivity contribution in [2.45, 2.75) is 33.2 Å². The number of carbonyl (C=O) groups excluding carboxylic acids is 1. The van der Waals surface area contributed by atoms with Gasteiger partial charge in [0, 0.05) is 18.0 Å². The average molecular weight is 409 g/mol. The van der Waals surface area contributed by atoms with E-state index in [9.17, 15) is 4.79 Å². The number of piperidine rings is 1. The highest BCUT2D eigenvalue weighted by molar-refractivity contribution is 7.09. The van der Waals surface area contributed by atoms with Crippen LogP contribution in [0.4, 0.5) is 0 Å². The molecule has 1 aliphatic heterocycles. The van der Waals surface area contributed by atoms with Gasteiger partial charge in [-0.05, 0) is 68.8 Å². The largest absolute Gasteiger partial charge is 0.352 e. The number of para-hydroxylation sites is 1. The molecule has 5 nitrogen and oxygen atoms in total. The monoisotopic (exact) mass is 408 g/mol. The van der Waals surface area contributed by atoms with Gasteiger partial charge in [-0.1, -0.05) is 24.3 Å². The minimum atomic E-state index is -0.0247. The second kappa shape index (κ2) is 8.93. The van der Waals surface area contributed by atoms with Crippen molar-refractivity contribution in [3.05, 3.63) is 69.7 Å². The summed E-state index contributed by atoms with van der Waals surface area (Å²) in [5, 5.41) is 9.74. The lowest BCUT2D eigenvalue weighted by molar-refractivity contribution is 0.0934. The fourth-order valence-corrected chi connectivity index (χ4v) is 4.73. The molecule has 0 bridgehead atoms. The van der Waals surface area contributed by atoms with Crippen LogP contribution in [0, 0.1) is 19.8 Å². The van der Waals surface area contributed by atoms with Gasteiger partial charge in [-0.2, -0.15) is 5.10 Å². The molecule has 0 unspecified atom stereocenters. The number of hydrogen-bond acceptors (Lipinski definition) is 4. The van der Waals surface area contributed by atoms with Gasteiger partial charge in [-0.3, -0.25) is 9.69 Å². The minimum absolute atomic E-state index is 0.0247. The molecule has 4 rings (SSSR count). The van der Waals surface area contributed by atoms with Gasteiger partial charge in [0.2, 0.25) is 0 Å². The Hall–Kier alpha value is -2.44. The van der Waals surface area contributed by atoms with E-state index in [0.717, 1.165) is 56.0 Å². The third-order valence-corrected chi connectivity index (χ3v) is 6.68. The van der Waals surface area contributed by atoms with E-state index < -0.39 is 0 Å². The molecule has 1 saturated heterocycles. The van der Waals surface area contributed by atoms with Crippen LogP contribution in [0.3, 0.4) is 0 Å². The van der Waals surface area contributed by atoms with Gasteiger partial charge in [0.15, 0.2) is 0 Å². The first kappa shape index (κ1) is 19.9. The Kier molecular flexibility index (Phi) is 6.11. The molecule has 6 heteroatoms. The van der Waals surface area contributed by atoms with Gasteiger partial charge in [0.05, 0.1) is 23.1 Å². The van der Waals surface area contributed by atoms with E-state index in [-0.39, 0.29) is 5.91 Å². The van der Waals surface area contributed by atoms with E-state index in [1.165, 1.54) is 4.88 Å². The molecule has 2 aromatic heterocycles. The second-order valence-electron chi connectivity index (χ2n) is 7.85. The Bertz CT molecular complexity index is 955. The molecule has 1 fully saturated rings. The Morgan fingerprint density at radius 2 is 1.97 bits per heavy atom. The number of likely N-dealkylation sites (tertiary alicyclic amines) is 1. The summed E-state index contributed by atoms with van der Waals surface area (Å²) in [5.74, 6) is 0.522. The molecule has 0 aliphatic carbocycles. The second-order valence-corrected chi connectivity index (χ2v) is 8.88. The number of rotatable bonds is 6. The van der Waals surface area contributed by atoms with Crippen LogP contribution in [0.2, 0.25) is 0 Å². The lowest BCUT2D eigenvalue weighted by atomic mass is 9.96. The smallest absolute Gasteiger partial charge is 0.254 e. The summed E-state index contributed by atoms with van der Waals surface area (Å²) >= 11 is 1.83. The molecule has 1 N–H and O–H groups in total. The van der Waals surface area contributed by atoms with E-state index in [1.807, 2.05) is 41.1 Å². The van der Waals surface area contributed by atoms with Crippen molar-refractivity contribution in [2.24, 2.45) is 5.92 Å². The van der Waals surface area contributed by atoms with Crippen LogP contribution in [-0.2, 0) is 6.54 Å². The van der Waals surface area contributed by atoms with Crippen LogP contribution in [0.15, 0.2) is 48.0 Å². The summed E-state index contributed by atoms with van der Waals surface area (Å²) in [6.07, 6.45) is 3.95. The van der Waals surface area contributed by atoms with Crippen molar-refractivity contribution in [3.63, 3.8) is 0 Å². The molecule has 3 aromatic rings. The maximum atomic E-state index is 12.7. The van der Waals surface area contributed by atoms with Gasteiger partial charge in [-0.15, -0.1) is 11.3 Å². The quantitative estimate of drug-likeness (QED) is 0.665. The first-order chi connectivity index (χ1) is 14.1. The van der Waals surface area contributed by atoms with Crippen LogP contribution >= 0.6 is 11.3 Å². The molecule has 152 valence electrons. The molecule has 0 spiro atoms. The standard InChI is InChI=1S/C23H28N4OS/c1-17-6-3-4-8-22(17)27-18(2)21(15-25-27)23(28)24-14-19-9-11-26(12-10-19)16-20-7-5-13-29-20/h3-8,13,15,19H,9-12,14,16H2,1-2H3,(H,24,28). The summed E-state index contributed by atoms with van der Waals surface area (Å²) in [7, 11) is 0. The third-order valence-electron chi connectivity index (χ3n) is 5.82. The zero-order chi connectivity index (χ0) is 20.2. The van der Waals surface area contributed by atoms with Crippen molar-refractivity contribution in [1.82, 2.24) is 20.0 Å². The molecule has 1 amide bonds. The minimum Gasteiger partial charge on any atom is -0.352 e. The lowest BCUT2D eigenvalue weighted by Gasteiger charge is -2.31. The summed E-state index contributed by atoms with van der Waals surface area (Å²) < 4.78 is 1.85. The number of nitrogens with one attached hydrogen (secondary N) is 1. The van der Waals surface area contributed by atoms with Crippen molar-refractivity contribution in [2.75, 3.05) is 19.6 Å². The summed E-state index contributed by atoms with van der Waals surface area (Å²) in [6, 6.07) is 12.4. The topological polar surface area (TPSA) is 50.2 Å². The Morgan fingerprint density at radius 1 is 1.17 bits per heavy atom. The van der Waals surface area contributed by atoms with Gasteiger partial charge < -0.3 is 5.32 Å². The summed E-state index contributed by atoms with van der Waals surface area (Å²) in [6.45, 7) is 8.00. The number of benzene rings is 1. The maximum Gasteiger partial charge on any atom is 0.254 e. The Balaban J connectivity index is 1.30. The Labute approximate surface area is 176 Å². The molecule has 3 heterocycles. The summed E-state index contributed by atoms with van der Waals surface area (Å²) in [5.41, 5.74) is 3.69. The first-order valence-electron chi connectivity index (χ1n) is 10.3. The predicted octanol–water partition coefficient (Wildman–Crippen LogP) is 4.19. The molecular formula is C23H28N4OS. The maximum absolute atomic E-state index is 12.7. The molecule has 0 radical (unpaired) electrons. The SMILES string of the molecule is Cc1ccccc1-n1ncc(C(=O)NCC2CCN(Cc3cccs3)CC2)c1C. The van der Waals surface area contributed by atoms with Gasteiger partial charge >= 0.3 is 0 Å². The van der Waals surface area contributed by atoms with E-state index >= 15 is 0 Å². The number of thiophene rings is 1. The lowest BCUT2D eigenvalue weighted by Crippen LogP contribution is -2.38. The van der Waals surface area contributed by atoms with Crippen molar-refractivity contribution >= 4 is 17.2 Å². The van der Waals surface area contributed by atoms with Gasteiger partial charge in [0.25, 0.3) is 5.91 Å². The fourth-order valence-electron chi connectivity index (χ4n) is 3.98. The van der Waals surface area contributed by atoms with Gasteiger partial charge in [0.1, 0.15) is 0 Å². The van der Waals surface area contributed by atoms with E-state index in [1.54, 1.807) is 6.20 Å². The molecule has 29 heavy (non-hydrogen) atoms. The first-order valence-corrected chi connectivity index (χ1v) is 11.1. The molecular weight excluding hydrogens is 380 g/mol. The zero-order valence-electron chi connectivity index (χ0n) is 17.1. The molecule has 0 saturated carbocycles. The highest BCUT2D eigenvalue weighted by atomic mass is 32.1. The van der Waals surface area contributed by atoms with Crippen molar-refractivity contribution < 1.29 is 4.79 Å².